The zero-order valence-electron chi connectivity index (χ0n) is 14.9. The summed E-state index contributed by atoms with van der Waals surface area (Å²) in [5, 5.41) is 4.35. The molecule has 0 spiro atoms. The first-order chi connectivity index (χ1) is 13.1. The van der Waals surface area contributed by atoms with Gasteiger partial charge in [0.1, 0.15) is 5.75 Å². The van der Waals surface area contributed by atoms with E-state index in [9.17, 15) is 9.59 Å². The summed E-state index contributed by atoms with van der Waals surface area (Å²) in [6.45, 7) is 0. The van der Waals surface area contributed by atoms with Crippen molar-refractivity contribution in [2.75, 3.05) is 12.4 Å². The van der Waals surface area contributed by atoms with Crippen LogP contribution in [0.5, 0.6) is 5.75 Å². The quantitative estimate of drug-likeness (QED) is 0.708. The van der Waals surface area contributed by atoms with Crippen LogP contribution in [0.15, 0.2) is 41.2 Å². The summed E-state index contributed by atoms with van der Waals surface area (Å²) in [7, 11) is 1.50. The SMILES string of the molecule is COc1ccc(Cl)cc1C(=O)Nc1ccc2c3c(c(=O)[nH]c2c1)CCCC3. The summed E-state index contributed by atoms with van der Waals surface area (Å²) in [6.07, 6.45) is 3.89. The van der Waals surface area contributed by atoms with Crippen molar-refractivity contribution in [1.29, 1.82) is 0 Å². The molecule has 3 aromatic rings. The number of anilines is 1. The maximum absolute atomic E-state index is 12.7. The predicted octanol–water partition coefficient (Wildman–Crippen LogP) is 4.32. The van der Waals surface area contributed by atoms with Gasteiger partial charge in [0.15, 0.2) is 0 Å². The lowest BCUT2D eigenvalue weighted by Crippen LogP contribution is -2.19. The van der Waals surface area contributed by atoms with Gasteiger partial charge in [0.25, 0.3) is 11.5 Å². The number of halogens is 1. The molecular formula is C21H19ClN2O3. The normalized spacial score (nSPS) is 13.3. The molecule has 0 saturated carbocycles. The first kappa shape index (κ1) is 17.6. The fourth-order valence-electron chi connectivity index (χ4n) is 3.70. The van der Waals surface area contributed by atoms with Gasteiger partial charge in [0.2, 0.25) is 0 Å². The molecule has 0 atom stereocenters. The average Bonchev–Trinajstić information content (AvgIpc) is 2.68. The summed E-state index contributed by atoms with van der Waals surface area (Å²) in [5.41, 5.74) is 3.68. The Kier molecular flexibility index (Phi) is 4.62. The van der Waals surface area contributed by atoms with Crippen LogP contribution in [0.4, 0.5) is 5.69 Å². The van der Waals surface area contributed by atoms with Gasteiger partial charge in [-0.05, 0) is 61.6 Å². The lowest BCUT2D eigenvalue weighted by Gasteiger charge is -2.17. The van der Waals surface area contributed by atoms with Gasteiger partial charge >= 0.3 is 0 Å². The number of aromatic amines is 1. The lowest BCUT2D eigenvalue weighted by atomic mass is 9.90. The number of methoxy groups -OCH3 is 1. The van der Waals surface area contributed by atoms with Crippen molar-refractivity contribution >= 4 is 34.1 Å². The topological polar surface area (TPSA) is 71.2 Å². The molecule has 0 bridgehead atoms. The molecule has 2 N–H and O–H groups in total. The van der Waals surface area contributed by atoms with Gasteiger partial charge in [-0.1, -0.05) is 17.7 Å². The van der Waals surface area contributed by atoms with Crippen molar-refractivity contribution in [3.05, 3.63) is 68.5 Å². The van der Waals surface area contributed by atoms with E-state index >= 15 is 0 Å². The Morgan fingerprint density at radius 3 is 2.67 bits per heavy atom. The summed E-state index contributed by atoms with van der Waals surface area (Å²) >= 11 is 6.01. The number of aryl methyl sites for hydroxylation is 1. The van der Waals surface area contributed by atoms with Crippen LogP contribution in [0.1, 0.15) is 34.3 Å². The Labute approximate surface area is 161 Å². The first-order valence-corrected chi connectivity index (χ1v) is 9.27. The number of pyridine rings is 1. The summed E-state index contributed by atoms with van der Waals surface area (Å²) in [6, 6.07) is 10.5. The van der Waals surface area contributed by atoms with Crippen LogP contribution in [-0.2, 0) is 12.8 Å². The Morgan fingerprint density at radius 1 is 1.11 bits per heavy atom. The Balaban J connectivity index is 1.70. The molecule has 0 aliphatic heterocycles. The third-order valence-electron chi connectivity index (χ3n) is 5.00. The number of H-pyrrole nitrogens is 1. The van der Waals surface area contributed by atoms with Crippen molar-refractivity contribution in [2.45, 2.75) is 25.7 Å². The van der Waals surface area contributed by atoms with Crippen LogP contribution in [-0.4, -0.2) is 18.0 Å². The van der Waals surface area contributed by atoms with E-state index in [0.717, 1.165) is 47.7 Å². The Hall–Kier alpha value is -2.79. The Bertz CT molecular complexity index is 1100. The van der Waals surface area contributed by atoms with E-state index in [4.69, 9.17) is 16.3 Å². The second-order valence-electron chi connectivity index (χ2n) is 6.68. The van der Waals surface area contributed by atoms with Crippen molar-refractivity contribution in [1.82, 2.24) is 4.98 Å². The summed E-state index contributed by atoms with van der Waals surface area (Å²) < 4.78 is 5.24. The van der Waals surface area contributed by atoms with Gasteiger partial charge in [-0.15, -0.1) is 0 Å². The van der Waals surface area contributed by atoms with Gasteiger partial charge in [-0.2, -0.15) is 0 Å². The van der Waals surface area contributed by atoms with Crippen LogP contribution in [0.2, 0.25) is 5.02 Å². The minimum atomic E-state index is -0.325. The first-order valence-electron chi connectivity index (χ1n) is 8.89. The molecule has 27 heavy (non-hydrogen) atoms. The molecule has 4 rings (SSSR count). The molecule has 0 unspecified atom stereocenters. The van der Waals surface area contributed by atoms with Gasteiger partial charge in [-0.25, -0.2) is 0 Å². The van der Waals surface area contributed by atoms with Crippen LogP contribution in [0, 0.1) is 0 Å². The molecule has 0 fully saturated rings. The van der Waals surface area contributed by atoms with E-state index in [1.165, 1.54) is 7.11 Å². The number of carbonyl (C=O) groups excluding carboxylic acids is 1. The van der Waals surface area contributed by atoms with E-state index in [0.29, 0.717) is 22.0 Å². The zero-order valence-corrected chi connectivity index (χ0v) is 15.7. The van der Waals surface area contributed by atoms with E-state index in [1.54, 1.807) is 24.3 Å². The molecule has 1 aliphatic rings. The van der Waals surface area contributed by atoms with Crippen LogP contribution < -0.4 is 15.6 Å². The largest absolute Gasteiger partial charge is 0.496 e. The molecular weight excluding hydrogens is 364 g/mol. The molecule has 5 nitrogen and oxygen atoms in total. The van der Waals surface area contributed by atoms with E-state index in [2.05, 4.69) is 10.3 Å². The zero-order chi connectivity index (χ0) is 19.0. The average molecular weight is 383 g/mol. The second kappa shape index (κ2) is 7.08. The number of rotatable bonds is 3. The molecule has 1 heterocycles. The monoisotopic (exact) mass is 382 g/mol. The van der Waals surface area contributed by atoms with Crippen molar-refractivity contribution in [3.63, 3.8) is 0 Å². The van der Waals surface area contributed by atoms with E-state index in [1.807, 2.05) is 12.1 Å². The van der Waals surface area contributed by atoms with Gasteiger partial charge < -0.3 is 15.0 Å². The molecule has 138 valence electrons. The number of aromatic nitrogens is 1. The molecule has 0 saturated heterocycles. The number of nitrogens with one attached hydrogen (secondary N) is 2. The fourth-order valence-corrected chi connectivity index (χ4v) is 3.87. The molecule has 6 heteroatoms. The summed E-state index contributed by atoms with van der Waals surface area (Å²) in [5.74, 6) is 0.120. The fraction of sp³-hybridized carbons (Fsp3) is 0.238. The summed E-state index contributed by atoms with van der Waals surface area (Å²) in [4.78, 5) is 28.0. The maximum Gasteiger partial charge on any atom is 0.259 e. The van der Waals surface area contributed by atoms with Crippen LogP contribution in [0.25, 0.3) is 10.9 Å². The number of ether oxygens (including phenoxy) is 1. The molecule has 1 aromatic heterocycles. The molecule has 1 amide bonds. The lowest BCUT2D eigenvalue weighted by molar-refractivity contribution is 0.102. The van der Waals surface area contributed by atoms with Crippen molar-refractivity contribution in [2.24, 2.45) is 0 Å². The smallest absolute Gasteiger partial charge is 0.259 e. The number of carbonyl (C=O) groups is 1. The molecule has 2 aromatic carbocycles. The van der Waals surface area contributed by atoms with Crippen LogP contribution >= 0.6 is 11.6 Å². The number of benzene rings is 2. The minimum absolute atomic E-state index is 0.0304. The van der Waals surface area contributed by atoms with Crippen molar-refractivity contribution in [3.8, 4) is 5.75 Å². The van der Waals surface area contributed by atoms with Gasteiger partial charge in [-0.3, -0.25) is 9.59 Å². The number of fused-ring (bicyclic) bond motifs is 3. The number of amides is 1. The predicted molar refractivity (Wildman–Crippen MR) is 107 cm³/mol. The molecule has 1 aliphatic carbocycles. The third-order valence-corrected chi connectivity index (χ3v) is 5.23. The molecule has 0 radical (unpaired) electrons. The van der Waals surface area contributed by atoms with Crippen LogP contribution in [0.3, 0.4) is 0 Å². The Morgan fingerprint density at radius 2 is 1.89 bits per heavy atom. The van der Waals surface area contributed by atoms with Gasteiger partial charge in [0, 0.05) is 21.7 Å². The highest BCUT2D eigenvalue weighted by Crippen LogP contribution is 2.28. The maximum atomic E-state index is 12.7. The second-order valence-corrected chi connectivity index (χ2v) is 7.11. The third kappa shape index (κ3) is 3.30. The highest BCUT2D eigenvalue weighted by Gasteiger charge is 2.17. The number of hydrogen-bond donors (Lipinski definition) is 2. The van der Waals surface area contributed by atoms with Gasteiger partial charge in [0.05, 0.1) is 18.2 Å². The van der Waals surface area contributed by atoms with E-state index in [-0.39, 0.29) is 11.5 Å². The van der Waals surface area contributed by atoms with Crippen molar-refractivity contribution < 1.29 is 9.53 Å². The minimum Gasteiger partial charge on any atom is -0.496 e. The highest BCUT2D eigenvalue weighted by atomic mass is 35.5. The van der Waals surface area contributed by atoms with E-state index < -0.39 is 0 Å². The number of hydrogen-bond acceptors (Lipinski definition) is 3. The standard InChI is InChI=1S/C21H19ClN2O3/c1-27-19-9-6-12(22)10-17(19)21(26)23-13-7-8-15-14-4-2-3-5-16(14)20(25)24-18(15)11-13/h6-11H,2-5H2,1H3,(H,23,26)(H,24,25). The highest BCUT2D eigenvalue weighted by molar-refractivity contribution is 6.31.